The number of nitrogens with zero attached hydrogens (tertiary/aromatic N) is 2. The van der Waals surface area contributed by atoms with Gasteiger partial charge >= 0.3 is 5.69 Å². The molecule has 0 fully saturated rings. The molecule has 0 aliphatic heterocycles. The van der Waals surface area contributed by atoms with Crippen LogP contribution in [0.1, 0.15) is 33.6 Å². The summed E-state index contributed by atoms with van der Waals surface area (Å²) in [6.45, 7) is 7.24. The van der Waals surface area contributed by atoms with Crippen molar-refractivity contribution < 1.29 is 9.66 Å². The van der Waals surface area contributed by atoms with E-state index in [2.05, 4.69) is 24.1 Å². The first-order valence-electron chi connectivity index (χ1n) is 6.60. The first kappa shape index (κ1) is 15.2. The van der Waals surface area contributed by atoms with Crippen LogP contribution in [0.15, 0.2) is 12.1 Å². The Kier molecular flexibility index (Phi) is 6.05. The van der Waals surface area contributed by atoms with Crippen molar-refractivity contribution in [1.29, 1.82) is 0 Å². The Balaban J connectivity index is 2.82. The SMILES string of the molecule is CCCC(C)COc1nc(NCC)ccc1[N+](=O)[O-]. The molecule has 0 aliphatic carbocycles. The number of aromatic nitrogens is 1. The number of hydrogen-bond acceptors (Lipinski definition) is 5. The van der Waals surface area contributed by atoms with E-state index in [4.69, 9.17) is 4.74 Å². The van der Waals surface area contributed by atoms with Gasteiger partial charge in [-0.15, -0.1) is 0 Å². The molecule has 0 aromatic carbocycles. The predicted molar refractivity (Wildman–Crippen MR) is 74.6 cm³/mol. The maximum absolute atomic E-state index is 10.9. The van der Waals surface area contributed by atoms with Crippen molar-refractivity contribution in [3.63, 3.8) is 0 Å². The van der Waals surface area contributed by atoms with Gasteiger partial charge in [-0.2, -0.15) is 4.98 Å². The lowest BCUT2D eigenvalue weighted by molar-refractivity contribution is -0.386. The monoisotopic (exact) mass is 267 g/mol. The summed E-state index contributed by atoms with van der Waals surface area (Å²) in [6, 6.07) is 3.01. The van der Waals surface area contributed by atoms with Crippen LogP contribution < -0.4 is 10.1 Å². The van der Waals surface area contributed by atoms with E-state index in [1.54, 1.807) is 6.07 Å². The van der Waals surface area contributed by atoms with E-state index < -0.39 is 4.92 Å². The normalized spacial score (nSPS) is 11.9. The van der Waals surface area contributed by atoms with E-state index in [0.29, 0.717) is 24.9 Å². The molecule has 1 aromatic rings. The van der Waals surface area contributed by atoms with Crippen molar-refractivity contribution in [3.05, 3.63) is 22.2 Å². The van der Waals surface area contributed by atoms with Gasteiger partial charge in [-0.3, -0.25) is 10.1 Å². The number of ether oxygens (including phenoxy) is 1. The Bertz CT molecular complexity index is 424. The maximum atomic E-state index is 10.9. The van der Waals surface area contributed by atoms with E-state index >= 15 is 0 Å². The van der Waals surface area contributed by atoms with Crippen molar-refractivity contribution in [1.82, 2.24) is 4.98 Å². The molecule has 1 rings (SSSR count). The quantitative estimate of drug-likeness (QED) is 0.578. The average Bonchev–Trinajstić information content (AvgIpc) is 2.37. The van der Waals surface area contributed by atoms with Gasteiger partial charge in [-0.25, -0.2) is 0 Å². The zero-order valence-corrected chi connectivity index (χ0v) is 11.7. The molecule has 1 atom stereocenters. The van der Waals surface area contributed by atoms with E-state index in [1.807, 2.05) is 6.92 Å². The van der Waals surface area contributed by atoms with E-state index in [-0.39, 0.29) is 11.6 Å². The summed E-state index contributed by atoms with van der Waals surface area (Å²) in [6.07, 6.45) is 2.10. The summed E-state index contributed by atoms with van der Waals surface area (Å²) in [4.78, 5) is 14.6. The van der Waals surface area contributed by atoms with E-state index in [0.717, 1.165) is 12.8 Å². The molecule has 0 aliphatic rings. The zero-order valence-electron chi connectivity index (χ0n) is 11.7. The third-order valence-corrected chi connectivity index (χ3v) is 2.68. The molecule has 6 nitrogen and oxygen atoms in total. The van der Waals surface area contributed by atoms with Gasteiger partial charge in [-0.1, -0.05) is 20.3 Å². The molecule has 1 N–H and O–H groups in total. The van der Waals surface area contributed by atoms with Crippen LogP contribution in [0.25, 0.3) is 0 Å². The van der Waals surface area contributed by atoms with Crippen molar-refractivity contribution in [2.45, 2.75) is 33.6 Å². The average molecular weight is 267 g/mol. The second kappa shape index (κ2) is 7.56. The van der Waals surface area contributed by atoms with Crippen molar-refractivity contribution in [2.75, 3.05) is 18.5 Å². The van der Waals surface area contributed by atoms with Crippen LogP contribution in [-0.2, 0) is 0 Å². The molecule has 19 heavy (non-hydrogen) atoms. The minimum atomic E-state index is -0.470. The molecule has 0 saturated carbocycles. The summed E-state index contributed by atoms with van der Waals surface area (Å²) in [5, 5.41) is 13.9. The van der Waals surface area contributed by atoms with Crippen molar-refractivity contribution in [2.24, 2.45) is 5.92 Å². The predicted octanol–water partition coefficient (Wildman–Crippen LogP) is 3.24. The lowest BCUT2D eigenvalue weighted by Gasteiger charge is -2.12. The molecule has 1 heterocycles. The summed E-state index contributed by atoms with van der Waals surface area (Å²) >= 11 is 0. The minimum absolute atomic E-state index is 0.0893. The number of anilines is 1. The van der Waals surface area contributed by atoms with Crippen LogP contribution in [0.3, 0.4) is 0 Å². The smallest absolute Gasteiger partial charge is 0.331 e. The molecule has 106 valence electrons. The second-order valence-electron chi connectivity index (χ2n) is 4.51. The zero-order chi connectivity index (χ0) is 14.3. The summed E-state index contributed by atoms with van der Waals surface area (Å²) in [5.74, 6) is 1.03. The third-order valence-electron chi connectivity index (χ3n) is 2.68. The second-order valence-corrected chi connectivity index (χ2v) is 4.51. The summed E-state index contributed by atoms with van der Waals surface area (Å²) < 4.78 is 5.51. The van der Waals surface area contributed by atoms with Gasteiger partial charge in [0.05, 0.1) is 11.5 Å². The van der Waals surface area contributed by atoms with Gasteiger partial charge < -0.3 is 10.1 Å². The number of nitrogens with one attached hydrogen (secondary N) is 1. The lowest BCUT2D eigenvalue weighted by atomic mass is 10.1. The Morgan fingerprint density at radius 2 is 2.21 bits per heavy atom. The highest BCUT2D eigenvalue weighted by molar-refractivity contribution is 5.49. The molecule has 0 saturated heterocycles. The number of hydrogen-bond donors (Lipinski definition) is 1. The Hall–Kier alpha value is -1.85. The minimum Gasteiger partial charge on any atom is -0.472 e. The van der Waals surface area contributed by atoms with Crippen LogP contribution in [0.4, 0.5) is 11.5 Å². The number of pyridine rings is 1. The third kappa shape index (κ3) is 4.73. The van der Waals surface area contributed by atoms with Crippen LogP contribution >= 0.6 is 0 Å². The molecule has 0 amide bonds. The fourth-order valence-corrected chi connectivity index (χ4v) is 1.76. The van der Waals surface area contributed by atoms with Gasteiger partial charge in [0.2, 0.25) is 0 Å². The van der Waals surface area contributed by atoms with Gasteiger partial charge in [0.25, 0.3) is 5.88 Å². The highest BCUT2D eigenvalue weighted by Crippen LogP contribution is 2.26. The Labute approximate surface area is 113 Å². The molecular formula is C13H21N3O3. The van der Waals surface area contributed by atoms with Crippen molar-refractivity contribution >= 4 is 11.5 Å². The van der Waals surface area contributed by atoms with Gasteiger partial charge in [0.15, 0.2) is 0 Å². The van der Waals surface area contributed by atoms with Crippen LogP contribution in [-0.4, -0.2) is 23.1 Å². The molecule has 6 heteroatoms. The number of nitro groups is 1. The molecule has 0 radical (unpaired) electrons. The molecule has 0 bridgehead atoms. The molecule has 1 unspecified atom stereocenters. The lowest BCUT2D eigenvalue weighted by Crippen LogP contribution is -2.11. The highest BCUT2D eigenvalue weighted by atomic mass is 16.6. The largest absolute Gasteiger partial charge is 0.472 e. The molecular weight excluding hydrogens is 246 g/mol. The van der Waals surface area contributed by atoms with Crippen LogP contribution in [0.5, 0.6) is 5.88 Å². The molecule has 1 aromatic heterocycles. The van der Waals surface area contributed by atoms with Gasteiger partial charge in [-0.05, 0) is 25.3 Å². The first-order valence-corrected chi connectivity index (χ1v) is 6.60. The summed E-state index contributed by atoms with van der Waals surface area (Å²) in [5.41, 5.74) is -0.0923. The first-order chi connectivity index (χ1) is 9.08. The topological polar surface area (TPSA) is 77.3 Å². The fourth-order valence-electron chi connectivity index (χ4n) is 1.76. The van der Waals surface area contributed by atoms with E-state index in [9.17, 15) is 10.1 Å². The Morgan fingerprint density at radius 3 is 2.79 bits per heavy atom. The van der Waals surface area contributed by atoms with Crippen molar-refractivity contribution in [3.8, 4) is 5.88 Å². The van der Waals surface area contributed by atoms with Crippen LogP contribution in [0.2, 0.25) is 0 Å². The van der Waals surface area contributed by atoms with Crippen LogP contribution in [0, 0.1) is 16.0 Å². The maximum Gasteiger partial charge on any atom is 0.331 e. The standard InChI is InChI=1S/C13H21N3O3/c1-4-6-10(3)9-19-13-11(16(17)18)7-8-12(15-13)14-5-2/h7-8,10H,4-6,9H2,1-3H3,(H,14,15). The number of rotatable bonds is 8. The van der Waals surface area contributed by atoms with Gasteiger partial charge in [0, 0.05) is 12.6 Å². The molecule has 0 spiro atoms. The van der Waals surface area contributed by atoms with Gasteiger partial charge in [0.1, 0.15) is 5.82 Å². The summed E-state index contributed by atoms with van der Waals surface area (Å²) in [7, 11) is 0. The Morgan fingerprint density at radius 1 is 1.47 bits per heavy atom. The van der Waals surface area contributed by atoms with E-state index in [1.165, 1.54) is 6.07 Å². The highest BCUT2D eigenvalue weighted by Gasteiger charge is 2.18. The fraction of sp³-hybridized carbons (Fsp3) is 0.615.